The summed E-state index contributed by atoms with van der Waals surface area (Å²) in [5, 5.41) is 0.256. The minimum Gasteiger partial charge on any atom is -0.123 e. The maximum atomic E-state index is 6.18. The second-order valence-electron chi connectivity index (χ2n) is 4.05. The second kappa shape index (κ2) is 3.34. The molecular formula is C12H15Cl. The molecule has 0 N–H and O–H groups in total. The molecule has 70 valence electrons. The predicted octanol–water partition coefficient (Wildman–Crippen LogP) is 3.90. The van der Waals surface area contributed by atoms with E-state index in [4.69, 9.17) is 11.6 Å². The number of alkyl halides is 1. The molecule has 0 nitrogen and oxygen atoms in total. The molecule has 1 heteroatoms. The largest absolute Gasteiger partial charge is 0.123 e. The van der Waals surface area contributed by atoms with Gasteiger partial charge in [0.25, 0.3) is 0 Å². The molecular weight excluding hydrogens is 180 g/mol. The summed E-state index contributed by atoms with van der Waals surface area (Å²) in [6.07, 6.45) is 1.21. The van der Waals surface area contributed by atoms with E-state index in [1.165, 1.54) is 17.5 Å². The SMILES string of the molecule is CC1CC(C(C)Cl)c2ccccc21. The van der Waals surface area contributed by atoms with Gasteiger partial charge < -0.3 is 0 Å². The fourth-order valence-electron chi connectivity index (χ4n) is 2.37. The molecule has 1 aliphatic rings. The number of fused-ring (bicyclic) bond motifs is 1. The Hall–Kier alpha value is -0.490. The van der Waals surface area contributed by atoms with E-state index in [9.17, 15) is 0 Å². The Balaban J connectivity index is 2.41. The molecule has 3 atom stereocenters. The first-order chi connectivity index (χ1) is 6.20. The van der Waals surface area contributed by atoms with Crippen molar-refractivity contribution in [1.82, 2.24) is 0 Å². The summed E-state index contributed by atoms with van der Waals surface area (Å²) in [6.45, 7) is 4.39. The molecule has 1 aromatic carbocycles. The number of benzene rings is 1. The normalized spacial score (nSPS) is 28.5. The molecule has 0 aliphatic heterocycles. The van der Waals surface area contributed by atoms with Gasteiger partial charge in [0.1, 0.15) is 0 Å². The van der Waals surface area contributed by atoms with Crippen LogP contribution in [0.1, 0.15) is 43.2 Å². The standard InChI is InChI=1S/C12H15Cl/c1-8-7-12(9(2)13)11-6-4-3-5-10(8)11/h3-6,8-9,12H,7H2,1-2H3. The van der Waals surface area contributed by atoms with Gasteiger partial charge in [-0.3, -0.25) is 0 Å². The molecule has 0 saturated carbocycles. The van der Waals surface area contributed by atoms with E-state index in [1.54, 1.807) is 0 Å². The molecule has 2 rings (SSSR count). The molecule has 0 fully saturated rings. The molecule has 3 unspecified atom stereocenters. The van der Waals surface area contributed by atoms with Crippen molar-refractivity contribution in [3.63, 3.8) is 0 Å². The topological polar surface area (TPSA) is 0 Å². The van der Waals surface area contributed by atoms with Crippen molar-refractivity contribution in [2.24, 2.45) is 0 Å². The summed E-state index contributed by atoms with van der Waals surface area (Å²) in [7, 11) is 0. The zero-order valence-corrected chi connectivity index (χ0v) is 8.88. The van der Waals surface area contributed by atoms with Gasteiger partial charge >= 0.3 is 0 Å². The second-order valence-corrected chi connectivity index (χ2v) is 4.74. The minimum absolute atomic E-state index is 0.256. The lowest BCUT2D eigenvalue weighted by Crippen LogP contribution is -2.05. The van der Waals surface area contributed by atoms with Gasteiger partial charge in [-0.1, -0.05) is 31.2 Å². The fraction of sp³-hybridized carbons (Fsp3) is 0.500. The Morgan fingerprint density at radius 1 is 1.31 bits per heavy atom. The van der Waals surface area contributed by atoms with E-state index in [0.29, 0.717) is 11.8 Å². The van der Waals surface area contributed by atoms with E-state index < -0.39 is 0 Å². The van der Waals surface area contributed by atoms with Gasteiger partial charge in [-0.15, -0.1) is 11.6 Å². The quantitative estimate of drug-likeness (QED) is 0.595. The van der Waals surface area contributed by atoms with Crippen molar-refractivity contribution in [2.75, 3.05) is 0 Å². The van der Waals surface area contributed by atoms with E-state index in [-0.39, 0.29) is 5.38 Å². The van der Waals surface area contributed by atoms with Gasteiger partial charge in [-0.05, 0) is 30.4 Å². The minimum atomic E-state index is 0.256. The summed E-state index contributed by atoms with van der Waals surface area (Å²) in [5.41, 5.74) is 2.97. The highest BCUT2D eigenvalue weighted by atomic mass is 35.5. The highest BCUT2D eigenvalue weighted by Gasteiger charge is 2.30. The molecule has 0 heterocycles. The van der Waals surface area contributed by atoms with Crippen molar-refractivity contribution in [1.29, 1.82) is 0 Å². The third-order valence-electron chi connectivity index (χ3n) is 3.09. The first kappa shape index (κ1) is 9.08. The Morgan fingerprint density at radius 2 is 1.92 bits per heavy atom. The van der Waals surface area contributed by atoms with Crippen LogP contribution in [0.15, 0.2) is 24.3 Å². The third kappa shape index (κ3) is 1.48. The highest BCUT2D eigenvalue weighted by molar-refractivity contribution is 6.21. The molecule has 0 amide bonds. The molecule has 13 heavy (non-hydrogen) atoms. The zero-order chi connectivity index (χ0) is 9.42. The van der Waals surface area contributed by atoms with E-state index in [0.717, 1.165) is 0 Å². The summed E-state index contributed by atoms with van der Waals surface area (Å²) < 4.78 is 0. The lowest BCUT2D eigenvalue weighted by Gasteiger charge is -2.13. The fourth-order valence-corrected chi connectivity index (χ4v) is 2.61. The van der Waals surface area contributed by atoms with Crippen LogP contribution in [-0.4, -0.2) is 5.38 Å². The monoisotopic (exact) mass is 194 g/mol. The van der Waals surface area contributed by atoms with Gasteiger partial charge in [-0.2, -0.15) is 0 Å². The van der Waals surface area contributed by atoms with Crippen LogP contribution in [0.4, 0.5) is 0 Å². The van der Waals surface area contributed by atoms with Crippen LogP contribution < -0.4 is 0 Å². The molecule has 1 aromatic rings. The third-order valence-corrected chi connectivity index (χ3v) is 3.39. The molecule has 0 aromatic heterocycles. The van der Waals surface area contributed by atoms with Crippen molar-refractivity contribution < 1.29 is 0 Å². The van der Waals surface area contributed by atoms with Gasteiger partial charge in [0.05, 0.1) is 0 Å². The lowest BCUT2D eigenvalue weighted by molar-refractivity contribution is 0.609. The highest BCUT2D eigenvalue weighted by Crippen LogP contribution is 2.44. The van der Waals surface area contributed by atoms with Crippen LogP contribution in [0, 0.1) is 0 Å². The summed E-state index contributed by atoms with van der Waals surface area (Å²) in [5.74, 6) is 1.25. The number of rotatable bonds is 1. The average molecular weight is 195 g/mol. The van der Waals surface area contributed by atoms with Crippen molar-refractivity contribution in [3.8, 4) is 0 Å². The summed E-state index contributed by atoms with van der Waals surface area (Å²) >= 11 is 6.18. The maximum absolute atomic E-state index is 6.18. The Bertz CT molecular complexity index is 304. The number of hydrogen-bond acceptors (Lipinski definition) is 0. The average Bonchev–Trinajstić information content (AvgIpc) is 2.45. The van der Waals surface area contributed by atoms with Crippen LogP contribution in [0.2, 0.25) is 0 Å². The van der Waals surface area contributed by atoms with Crippen LogP contribution in [0.5, 0.6) is 0 Å². The van der Waals surface area contributed by atoms with Gasteiger partial charge in [0.15, 0.2) is 0 Å². The van der Waals surface area contributed by atoms with E-state index in [1.807, 2.05) is 0 Å². The predicted molar refractivity (Wildman–Crippen MR) is 57.5 cm³/mol. The summed E-state index contributed by atoms with van der Waals surface area (Å²) in [6, 6.07) is 8.70. The van der Waals surface area contributed by atoms with Crippen LogP contribution in [0.25, 0.3) is 0 Å². The van der Waals surface area contributed by atoms with Crippen LogP contribution in [-0.2, 0) is 0 Å². The van der Waals surface area contributed by atoms with Crippen molar-refractivity contribution >= 4 is 11.6 Å². The molecule has 0 radical (unpaired) electrons. The maximum Gasteiger partial charge on any atom is 0.0376 e. The summed E-state index contributed by atoms with van der Waals surface area (Å²) in [4.78, 5) is 0. The molecule has 0 bridgehead atoms. The van der Waals surface area contributed by atoms with Gasteiger partial charge in [0, 0.05) is 11.3 Å². The van der Waals surface area contributed by atoms with E-state index >= 15 is 0 Å². The van der Waals surface area contributed by atoms with Crippen molar-refractivity contribution in [3.05, 3.63) is 35.4 Å². The number of hydrogen-bond donors (Lipinski definition) is 0. The first-order valence-corrected chi connectivity index (χ1v) is 5.36. The van der Waals surface area contributed by atoms with Crippen LogP contribution in [0.3, 0.4) is 0 Å². The van der Waals surface area contributed by atoms with Gasteiger partial charge in [0.2, 0.25) is 0 Å². The van der Waals surface area contributed by atoms with Crippen molar-refractivity contribution in [2.45, 2.75) is 37.5 Å². The molecule has 0 spiro atoms. The Labute approximate surface area is 84.9 Å². The zero-order valence-electron chi connectivity index (χ0n) is 8.13. The lowest BCUT2D eigenvalue weighted by atomic mass is 9.98. The Kier molecular flexibility index (Phi) is 2.33. The first-order valence-electron chi connectivity index (χ1n) is 4.93. The smallest absolute Gasteiger partial charge is 0.0376 e. The van der Waals surface area contributed by atoms with E-state index in [2.05, 4.69) is 38.1 Å². The van der Waals surface area contributed by atoms with Gasteiger partial charge in [-0.25, -0.2) is 0 Å². The number of halogens is 1. The Morgan fingerprint density at radius 3 is 2.54 bits per heavy atom. The van der Waals surface area contributed by atoms with Crippen LogP contribution >= 0.6 is 11.6 Å². The molecule has 0 saturated heterocycles. The molecule has 1 aliphatic carbocycles.